The van der Waals surface area contributed by atoms with Crippen molar-refractivity contribution in [2.24, 2.45) is 0 Å². The lowest BCUT2D eigenvalue weighted by Gasteiger charge is -2.13. The molecule has 1 atom stereocenters. The fourth-order valence-corrected chi connectivity index (χ4v) is 2.97. The second-order valence-electron chi connectivity index (χ2n) is 6.26. The van der Waals surface area contributed by atoms with Gasteiger partial charge in [0.1, 0.15) is 11.9 Å². The lowest BCUT2D eigenvalue weighted by atomic mass is 10.1. The van der Waals surface area contributed by atoms with Crippen molar-refractivity contribution in [1.29, 1.82) is 0 Å². The minimum absolute atomic E-state index is 0.132. The zero-order valence-electron chi connectivity index (χ0n) is 14.3. The normalized spacial score (nSPS) is 17.7. The smallest absolute Gasteiger partial charge is 0.414 e. The largest absolute Gasteiger partial charge is 0.454 e. The highest BCUT2D eigenvalue weighted by atomic mass is 19.1. The van der Waals surface area contributed by atoms with Gasteiger partial charge < -0.3 is 19.5 Å². The van der Waals surface area contributed by atoms with Crippen LogP contribution in [0.25, 0.3) is 0 Å². The number of carbonyl (C=O) groups excluding carboxylic acids is 2. The lowest BCUT2D eigenvalue weighted by Crippen LogP contribution is -2.35. The van der Waals surface area contributed by atoms with Crippen LogP contribution in [-0.4, -0.2) is 38.0 Å². The highest BCUT2D eigenvalue weighted by Gasteiger charge is 2.33. The maximum atomic E-state index is 12.9. The van der Waals surface area contributed by atoms with Crippen molar-refractivity contribution < 1.29 is 28.2 Å². The van der Waals surface area contributed by atoms with Crippen LogP contribution in [0.4, 0.5) is 14.9 Å². The Morgan fingerprint density at radius 3 is 2.74 bits per heavy atom. The van der Waals surface area contributed by atoms with Gasteiger partial charge in [0.05, 0.1) is 25.2 Å². The number of cyclic esters (lactones) is 1. The molecule has 0 spiro atoms. The van der Waals surface area contributed by atoms with Crippen LogP contribution in [0.2, 0.25) is 0 Å². The van der Waals surface area contributed by atoms with Crippen molar-refractivity contribution in [2.75, 3.05) is 24.8 Å². The Morgan fingerprint density at radius 1 is 1.15 bits per heavy atom. The van der Waals surface area contributed by atoms with Crippen LogP contribution < -0.4 is 19.7 Å². The average Bonchev–Trinajstić information content (AvgIpc) is 3.27. The summed E-state index contributed by atoms with van der Waals surface area (Å²) in [5, 5.41) is 2.74. The van der Waals surface area contributed by atoms with Crippen LogP contribution >= 0.6 is 0 Å². The third kappa shape index (κ3) is 3.79. The summed E-state index contributed by atoms with van der Waals surface area (Å²) in [4.78, 5) is 25.6. The van der Waals surface area contributed by atoms with Gasteiger partial charge in [0.2, 0.25) is 12.7 Å². The first-order chi connectivity index (χ1) is 13.1. The molecule has 2 heterocycles. The number of fused-ring (bicyclic) bond motifs is 1. The predicted octanol–water partition coefficient (Wildman–Crippen LogP) is 2.24. The van der Waals surface area contributed by atoms with Gasteiger partial charge in [-0.25, -0.2) is 9.18 Å². The zero-order chi connectivity index (χ0) is 18.8. The summed E-state index contributed by atoms with van der Waals surface area (Å²) in [6.45, 7) is 0.675. The first-order valence-corrected chi connectivity index (χ1v) is 8.47. The molecule has 0 aliphatic carbocycles. The first kappa shape index (κ1) is 17.1. The van der Waals surface area contributed by atoms with E-state index in [9.17, 15) is 14.0 Å². The molecule has 7 nitrogen and oxygen atoms in total. The second-order valence-corrected chi connectivity index (χ2v) is 6.26. The molecule has 2 aromatic rings. The number of rotatable bonds is 5. The average molecular weight is 372 g/mol. The van der Waals surface area contributed by atoms with Crippen molar-refractivity contribution in [3.05, 3.63) is 53.8 Å². The Labute approximate surface area is 154 Å². The molecule has 0 aromatic heterocycles. The second kappa shape index (κ2) is 7.14. The van der Waals surface area contributed by atoms with Gasteiger partial charge >= 0.3 is 6.09 Å². The molecule has 27 heavy (non-hydrogen) atoms. The van der Waals surface area contributed by atoms with E-state index in [-0.39, 0.29) is 31.5 Å². The molecule has 2 aliphatic heterocycles. The molecule has 1 N–H and O–H groups in total. The summed E-state index contributed by atoms with van der Waals surface area (Å²) in [5.41, 5.74) is 1.35. The highest BCUT2D eigenvalue weighted by molar-refractivity contribution is 5.90. The summed E-state index contributed by atoms with van der Waals surface area (Å²) >= 11 is 0. The fourth-order valence-electron chi connectivity index (χ4n) is 2.97. The summed E-state index contributed by atoms with van der Waals surface area (Å²) < 4.78 is 28.8. The molecule has 140 valence electrons. The minimum atomic E-state index is -0.480. The minimum Gasteiger partial charge on any atom is -0.454 e. The number of ether oxygens (including phenoxy) is 3. The molecule has 2 aromatic carbocycles. The summed E-state index contributed by atoms with van der Waals surface area (Å²) in [6, 6.07) is 11.0. The van der Waals surface area contributed by atoms with Crippen molar-refractivity contribution >= 4 is 17.7 Å². The molecule has 8 heteroatoms. The molecule has 2 aliphatic rings. The van der Waals surface area contributed by atoms with Gasteiger partial charge in [0, 0.05) is 6.07 Å². The van der Waals surface area contributed by atoms with Gasteiger partial charge in [-0.3, -0.25) is 9.69 Å². The predicted molar refractivity (Wildman–Crippen MR) is 93.3 cm³/mol. The summed E-state index contributed by atoms with van der Waals surface area (Å²) in [5.74, 6) is 0.645. The molecule has 2 amide bonds. The van der Waals surface area contributed by atoms with E-state index in [1.807, 2.05) is 0 Å². The Balaban J connectivity index is 1.31. The molecule has 1 fully saturated rings. The molecule has 4 rings (SSSR count). The van der Waals surface area contributed by atoms with E-state index in [4.69, 9.17) is 14.2 Å². The Bertz CT molecular complexity index is 871. The third-order valence-electron chi connectivity index (χ3n) is 4.35. The number of benzene rings is 2. The van der Waals surface area contributed by atoms with E-state index in [1.54, 1.807) is 30.3 Å². The Kier molecular flexibility index (Phi) is 4.53. The maximum absolute atomic E-state index is 12.9. The first-order valence-electron chi connectivity index (χ1n) is 8.47. The molecular formula is C19H17FN2O5. The SMILES string of the molecule is O=C(Cc1ccc(F)cc1)NC[C@@H]1CN(c2ccc3c(c2)OCO3)C(=O)O1. The third-order valence-corrected chi connectivity index (χ3v) is 4.35. The van der Waals surface area contributed by atoms with Crippen molar-refractivity contribution in [3.63, 3.8) is 0 Å². The van der Waals surface area contributed by atoms with Gasteiger partial charge in [0.25, 0.3) is 0 Å². The van der Waals surface area contributed by atoms with Gasteiger partial charge in [-0.1, -0.05) is 12.1 Å². The molecule has 0 radical (unpaired) electrons. The van der Waals surface area contributed by atoms with Crippen LogP contribution in [0.1, 0.15) is 5.56 Å². The number of amides is 2. The topological polar surface area (TPSA) is 77.1 Å². The number of nitrogens with one attached hydrogen (secondary N) is 1. The van der Waals surface area contributed by atoms with E-state index in [0.717, 1.165) is 0 Å². The van der Waals surface area contributed by atoms with E-state index in [2.05, 4.69) is 5.32 Å². The van der Waals surface area contributed by atoms with Gasteiger partial charge in [0.15, 0.2) is 11.5 Å². The van der Waals surface area contributed by atoms with Gasteiger partial charge in [-0.05, 0) is 29.8 Å². The van der Waals surface area contributed by atoms with Crippen molar-refractivity contribution in [3.8, 4) is 11.5 Å². The van der Waals surface area contributed by atoms with E-state index >= 15 is 0 Å². The number of carbonyl (C=O) groups is 2. The molecule has 0 bridgehead atoms. The standard InChI is InChI=1S/C19H17FN2O5/c20-13-3-1-12(2-4-13)7-18(23)21-9-15-10-22(19(24)27-15)14-5-6-16-17(8-14)26-11-25-16/h1-6,8,15H,7,9-11H2,(H,21,23)/t15-/m1/s1. The fraction of sp³-hybridized carbons (Fsp3) is 0.263. The van der Waals surface area contributed by atoms with Crippen LogP contribution in [-0.2, 0) is 16.0 Å². The number of anilines is 1. The number of halogens is 1. The Hall–Kier alpha value is -3.29. The van der Waals surface area contributed by atoms with E-state index < -0.39 is 12.2 Å². The zero-order valence-corrected chi connectivity index (χ0v) is 14.3. The lowest BCUT2D eigenvalue weighted by molar-refractivity contribution is -0.120. The van der Waals surface area contributed by atoms with Crippen LogP contribution in [0.5, 0.6) is 11.5 Å². The van der Waals surface area contributed by atoms with E-state index in [1.165, 1.54) is 17.0 Å². The molecule has 0 unspecified atom stereocenters. The number of nitrogens with zero attached hydrogens (tertiary/aromatic N) is 1. The van der Waals surface area contributed by atoms with Crippen LogP contribution in [0.15, 0.2) is 42.5 Å². The summed E-state index contributed by atoms with van der Waals surface area (Å²) in [7, 11) is 0. The molecule has 1 saturated heterocycles. The van der Waals surface area contributed by atoms with Gasteiger partial charge in [-0.15, -0.1) is 0 Å². The summed E-state index contributed by atoms with van der Waals surface area (Å²) in [6.07, 6.45) is -0.806. The van der Waals surface area contributed by atoms with Crippen LogP contribution in [0, 0.1) is 5.82 Å². The van der Waals surface area contributed by atoms with Crippen molar-refractivity contribution in [2.45, 2.75) is 12.5 Å². The molecule has 0 saturated carbocycles. The van der Waals surface area contributed by atoms with Crippen molar-refractivity contribution in [1.82, 2.24) is 5.32 Å². The quantitative estimate of drug-likeness (QED) is 0.871. The monoisotopic (exact) mass is 372 g/mol. The van der Waals surface area contributed by atoms with Crippen LogP contribution in [0.3, 0.4) is 0 Å². The highest BCUT2D eigenvalue weighted by Crippen LogP contribution is 2.36. The molecular weight excluding hydrogens is 355 g/mol. The maximum Gasteiger partial charge on any atom is 0.414 e. The van der Waals surface area contributed by atoms with E-state index in [0.29, 0.717) is 29.3 Å². The number of hydrogen-bond acceptors (Lipinski definition) is 5. The Morgan fingerprint density at radius 2 is 1.93 bits per heavy atom. The number of hydrogen-bond donors (Lipinski definition) is 1. The van der Waals surface area contributed by atoms with Gasteiger partial charge in [-0.2, -0.15) is 0 Å².